The van der Waals surface area contributed by atoms with Crippen LogP contribution in [0, 0.1) is 0 Å². The highest BCUT2D eigenvalue weighted by atomic mass is 35.5. The van der Waals surface area contributed by atoms with Crippen LogP contribution in [-0.4, -0.2) is 42.6 Å². The topological polar surface area (TPSA) is 50.8 Å². The predicted molar refractivity (Wildman–Crippen MR) is 109 cm³/mol. The molecule has 28 heavy (non-hydrogen) atoms. The number of amides is 1. The molecule has 0 aromatic heterocycles. The average molecular weight is 401 g/mol. The molecule has 2 aromatic rings. The summed E-state index contributed by atoms with van der Waals surface area (Å²) in [6.45, 7) is 4.36. The van der Waals surface area contributed by atoms with Crippen LogP contribution in [0.1, 0.15) is 31.4 Å². The molecule has 0 spiro atoms. The molecule has 1 N–H and O–H groups in total. The number of hydrogen-bond donors (Lipinski definition) is 1. The quantitative estimate of drug-likeness (QED) is 0.828. The van der Waals surface area contributed by atoms with Gasteiger partial charge >= 0.3 is 0 Å². The fourth-order valence-electron chi connectivity index (χ4n) is 3.94. The molecule has 1 amide bonds. The molecule has 3 atom stereocenters. The second kappa shape index (κ2) is 8.41. The smallest absolute Gasteiger partial charge is 0.265 e. The Morgan fingerprint density at radius 3 is 2.46 bits per heavy atom. The van der Waals surface area contributed by atoms with Crippen LogP contribution >= 0.6 is 11.6 Å². The van der Waals surface area contributed by atoms with Gasteiger partial charge in [0.05, 0.1) is 6.04 Å². The first kappa shape index (κ1) is 19.1. The Morgan fingerprint density at radius 1 is 1.11 bits per heavy atom. The highest BCUT2D eigenvalue weighted by Crippen LogP contribution is 2.34. The molecule has 2 aromatic carbocycles. The number of nitrogens with one attached hydrogen (secondary N) is 1. The maximum Gasteiger partial charge on any atom is 0.265 e. The fourth-order valence-corrected chi connectivity index (χ4v) is 4.20. The number of benzene rings is 2. The van der Waals surface area contributed by atoms with Crippen molar-refractivity contribution in [3.05, 3.63) is 59.1 Å². The van der Waals surface area contributed by atoms with Gasteiger partial charge in [0.1, 0.15) is 6.10 Å². The number of nitrogens with zero attached hydrogens (tertiary/aromatic N) is 1. The summed E-state index contributed by atoms with van der Waals surface area (Å²) in [6, 6.07) is 15.3. The van der Waals surface area contributed by atoms with Gasteiger partial charge in [-0.25, -0.2) is 0 Å². The Bertz CT molecular complexity index is 838. The lowest BCUT2D eigenvalue weighted by Crippen LogP contribution is -2.50. The number of hydrogen-bond acceptors (Lipinski definition) is 4. The third-order valence-electron chi connectivity index (χ3n) is 5.42. The van der Waals surface area contributed by atoms with Crippen LogP contribution in [0.25, 0.3) is 0 Å². The van der Waals surface area contributed by atoms with Gasteiger partial charge in [-0.05, 0) is 56.6 Å². The summed E-state index contributed by atoms with van der Waals surface area (Å²) < 4.78 is 11.8. The van der Waals surface area contributed by atoms with Crippen LogP contribution in [0.2, 0.25) is 5.02 Å². The molecule has 2 heterocycles. The summed E-state index contributed by atoms with van der Waals surface area (Å²) in [5, 5.41) is 3.80. The molecule has 6 heteroatoms. The molecule has 1 saturated heterocycles. The molecule has 3 unspecified atom stereocenters. The van der Waals surface area contributed by atoms with E-state index in [0.29, 0.717) is 18.0 Å². The average Bonchev–Trinajstić information content (AvgIpc) is 3.23. The third kappa shape index (κ3) is 3.96. The van der Waals surface area contributed by atoms with Crippen molar-refractivity contribution >= 4 is 17.5 Å². The van der Waals surface area contributed by atoms with Crippen LogP contribution in [0.4, 0.5) is 0 Å². The van der Waals surface area contributed by atoms with Crippen molar-refractivity contribution in [1.82, 2.24) is 10.2 Å². The highest BCUT2D eigenvalue weighted by molar-refractivity contribution is 6.31. The third-order valence-corrected chi connectivity index (χ3v) is 5.76. The van der Waals surface area contributed by atoms with Crippen LogP contribution in [0.3, 0.4) is 0 Å². The Kier molecular flexibility index (Phi) is 5.74. The zero-order chi connectivity index (χ0) is 19.5. The number of ether oxygens (including phenoxy) is 2. The first-order valence-electron chi connectivity index (χ1n) is 9.82. The van der Waals surface area contributed by atoms with Crippen LogP contribution in [-0.2, 0) is 4.79 Å². The standard InChI is InChI=1S/C22H25ClN2O3/c1-15-21(28-20-11-5-4-10-19(20)27-15)22(26)24-14-18(25-12-6-7-13-25)16-8-2-3-9-17(16)23/h2-5,8-11,15,18,21H,6-7,12-14H2,1H3,(H,24,26). The van der Waals surface area contributed by atoms with Gasteiger partial charge in [-0.15, -0.1) is 0 Å². The van der Waals surface area contributed by atoms with E-state index in [4.69, 9.17) is 21.1 Å². The van der Waals surface area contributed by atoms with Gasteiger partial charge in [0.25, 0.3) is 5.91 Å². The monoisotopic (exact) mass is 400 g/mol. The molecule has 0 bridgehead atoms. The van der Waals surface area contributed by atoms with E-state index < -0.39 is 6.10 Å². The van der Waals surface area contributed by atoms with E-state index in [0.717, 1.165) is 23.7 Å². The number of halogens is 1. The van der Waals surface area contributed by atoms with E-state index in [1.165, 1.54) is 12.8 Å². The van der Waals surface area contributed by atoms with Crippen LogP contribution < -0.4 is 14.8 Å². The van der Waals surface area contributed by atoms with Gasteiger partial charge < -0.3 is 14.8 Å². The van der Waals surface area contributed by atoms with Crippen LogP contribution in [0.15, 0.2) is 48.5 Å². The molecule has 2 aliphatic rings. The summed E-state index contributed by atoms with van der Waals surface area (Å²) in [6.07, 6.45) is 1.30. The van der Waals surface area contributed by atoms with Crippen molar-refractivity contribution in [3.63, 3.8) is 0 Å². The van der Waals surface area contributed by atoms with Gasteiger partial charge in [0.15, 0.2) is 11.5 Å². The lowest BCUT2D eigenvalue weighted by atomic mass is 10.0. The summed E-state index contributed by atoms with van der Waals surface area (Å²) in [4.78, 5) is 15.3. The van der Waals surface area contributed by atoms with Gasteiger partial charge in [-0.2, -0.15) is 0 Å². The molecule has 1 fully saturated rings. The molecule has 0 aliphatic carbocycles. The summed E-state index contributed by atoms with van der Waals surface area (Å²) in [5.41, 5.74) is 1.05. The maximum absolute atomic E-state index is 12.9. The summed E-state index contributed by atoms with van der Waals surface area (Å²) in [7, 11) is 0. The second-order valence-corrected chi connectivity index (χ2v) is 7.74. The summed E-state index contributed by atoms with van der Waals surface area (Å²) >= 11 is 6.46. The Hall–Kier alpha value is -2.24. The van der Waals surface area contributed by atoms with E-state index >= 15 is 0 Å². The molecule has 5 nitrogen and oxygen atoms in total. The maximum atomic E-state index is 12.9. The Morgan fingerprint density at radius 2 is 1.75 bits per heavy atom. The van der Waals surface area contributed by atoms with Crippen molar-refractivity contribution in [2.45, 2.75) is 38.0 Å². The van der Waals surface area contributed by atoms with Gasteiger partial charge in [-0.3, -0.25) is 9.69 Å². The number of fused-ring (bicyclic) bond motifs is 1. The van der Waals surface area contributed by atoms with Crippen molar-refractivity contribution in [3.8, 4) is 11.5 Å². The van der Waals surface area contributed by atoms with Crippen molar-refractivity contribution in [2.24, 2.45) is 0 Å². The molecule has 0 radical (unpaired) electrons. The van der Waals surface area contributed by atoms with E-state index in [1.807, 2.05) is 55.5 Å². The largest absolute Gasteiger partial charge is 0.482 e. The lowest BCUT2D eigenvalue weighted by Gasteiger charge is -2.33. The Labute approximate surface area is 170 Å². The molecular formula is C22H25ClN2O3. The van der Waals surface area contributed by atoms with Crippen LogP contribution in [0.5, 0.6) is 11.5 Å². The van der Waals surface area contributed by atoms with Gasteiger partial charge in [0, 0.05) is 11.6 Å². The van der Waals surface area contributed by atoms with Crippen molar-refractivity contribution in [2.75, 3.05) is 19.6 Å². The first-order chi connectivity index (χ1) is 13.6. The highest BCUT2D eigenvalue weighted by Gasteiger charge is 2.35. The molecular weight excluding hydrogens is 376 g/mol. The lowest BCUT2D eigenvalue weighted by molar-refractivity contribution is -0.133. The van der Waals surface area contributed by atoms with Gasteiger partial charge in [-0.1, -0.05) is 41.9 Å². The van der Waals surface area contributed by atoms with Crippen molar-refractivity contribution < 1.29 is 14.3 Å². The molecule has 148 valence electrons. The van der Waals surface area contributed by atoms with E-state index in [9.17, 15) is 4.79 Å². The Balaban J connectivity index is 1.46. The molecule has 2 aliphatic heterocycles. The second-order valence-electron chi connectivity index (χ2n) is 7.33. The minimum atomic E-state index is -0.680. The van der Waals surface area contributed by atoms with E-state index in [2.05, 4.69) is 10.2 Å². The molecule has 4 rings (SSSR count). The molecule has 0 saturated carbocycles. The normalized spacial score (nSPS) is 22.6. The zero-order valence-corrected chi connectivity index (χ0v) is 16.7. The van der Waals surface area contributed by atoms with Crippen molar-refractivity contribution in [1.29, 1.82) is 0 Å². The number of rotatable bonds is 5. The number of likely N-dealkylation sites (tertiary alicyclic amines) is 1. The first-order valence-corrected chi connectivity index (χ1v) is 10.2. The SMILES string of the molecule is CC1Oc2ccccc2OC1C(=O)NCC(c1ccccc1Cl)N1CCCC1. The minimum absolute atomic E-state index is 0.0484. The zero-order valence-electron chi connectivity index (χ0n) is 15.9. The summed E-state index contributed by atoms with van der Waals surface area (Å²) in [5.74, 6) is 1.10. The predicted octanol–water partition coefficient (Wildman–Crippen LogP) is 3.82. The number of carbonyl (C=O) groups excluding carboxylic acids is 1. The number of para-hydroxylation sites is 2. The van der Waals surface area contributed by atoms with Gasteiger partial charge in [0.2, 0.25) is 6.10 Å². The van der Waals surface area contributed by atoms with E-state index in [1.54, 1.807) is 0 Å². The minimum Gasteiger partial charge on any atom is -0.482 e. The van der Waals surface area contributed by atoms with E-state index in [-0.39, 0.29) is 18.1 Å². The fraction of sp³-hybridized carbons (Fsp3) is 0.409. The number of carbonyl (C=O) groups is 1.